The molecule has 0 aliphatic carbocycles. The quantitative estimate of drug-likeness (QED) is 0.706. The largest absolute Gasteiger partial charge is 0.383 e. The standard InChI is InChI=1S/C19H28N2O3/c1-5-18(6-2)21(13-14-24-4)19(23)12-9-16-7-10-17(11-8-16)20-15(3)22/h7-12,18H,5-6,13-14H2,1-4H3,(H,20,22)/b12-9+. The number of methoxy groups -OCH3 is 1. The number of hydrogen-bond acceptors (Lipinski definition) is 3. The highest BCUT2D eigenvalue weighted by molar-refractivity contribution is 5.92. The summed E-state index contributed by atoms with van der Waals surface area (Å²) in [5.74, 6) is -0.112. The summed E-state index contributed by atoms with van der Waals surface area (Å²) in [7, 11) is 1.64. The van der Waals surface area contributed by atoms with Crippen LogP contribution in [-0.4, -0.2) is 43.0 Å². The van der Waals surface area contributed by atoms with Gasteiger partial charge in [0.1, 0.15) is 0 Å². The zero-order valence-corrected chi connectivity index (χ0v) is 15.0. The van der Waals surface area contributed by atoms with Gasteiger partial charge in [0.25, 0.3) is 0 Å². The Morgan fingerprint density at radius 3 is 2.33 bits per heavy atom. The van der Waals surface area contributed by atoms with Crippen molar-refractivity contribution in [2.45, 2.75) is 39.7 Å². The molecule has 0 saturated carbocycles. The van der Waals surface area contributed by atoms with E-state index >= 15 is 0 Å². The molecule has 0 spiro atoms. The van der Waals surface area contributed by atoms with Crippen molar-refractivity contribution < 1.29 is 14.3 Å². The Bertz CT molecular complexity index is 548. The van der Waals surface area contributed by atoms with E-state index in [0.717, 1.165) is 24.1 Å². The highest BCUT2D eigenvalue weighted by Crippen LogP contribution is 2.13. The molecule has 0 aliphatic rings. The monoisotopic (exact) mass is 332 g/mol. The lowest BCUT2D eigenvalue weighted by atomic mass is 10.1. The molecule has 5 nitrogen and oxygen atoms in total. The number of benzene rings is 1. The molecule has 24 heavy (non-hydrogen) atoms. The number of rotatable bonds is 9. The molecule has 1 N–H and O–H groups in total. The second-order valence-corrected chi connectivity index (χ2v) is 5.63. The molecule has 0 heterocycles. The molecular formula is C19H28N2O3. The smallest absolute Gasteiger partial charge is 0.246 e. The van der Waals surface area contributed by atoms with Crippen molar-refractivity contribution in [2.24, 2.45) is 0 Å². The van der Waals surface area contributed by atoms with Crippen LogP contribution in [-0.2, 0) is 14.3 Å². The molecule has 0 atom stereocenters. The Kier molecular flexibility index (Phi) is 8.79. The van der Waals surface area contributed by atoms with Gasteiger partial charge in [0.05, 0.1) is 6.61 Å². The first-order valence-electron chi connectivity index (χ1n) is 8.37. The van der Waals surface area contributed by atoms with Crippen LogP contribution in [0.15, 0.2) is 30.3 Å². The van der Waals surface area contributed by atoms with Crippen LogP contribution in [0.3, 0.4) is 0 Å². The third kappa shape index (κ3) is 6.54. The van der Waals surface area contributed by atoms with Gasteiger partial charge in [0.15, 0.2) is 0 Å². The van der Waals surface area contributed by atoms with Gasteiger partial charge in [0.2, 0.25) is 11.8 Å². The van der Waals surface area contributed by atoms with Gasteiger partial charge in [-0.2, -0.15) is 0 Å². The summed E-state index contributed by atoms with van der Waals surface area (Å²) in [5.41, 5.74) is 1.65. The number of nitrogens with one attached hydrogen (secondary N) is 1. The van der Waals surface area contributed by atoms with Crippen LogP contribution in [0.25, 0.3) is 6.08 Å². The molecule has 0 fully saturated rings. The van der Waals surface area contributed by atoms with E-state index in [-0.39, 0.29) is 17.9 Å². The van der Waals surface area contributed by atoms with Crippen LogP contribution >= 0.6 is 0 Å². The zero-order valence-electron chi connectivity index (χ0n) is 15.0. The summed E-state index contributed by atoms with van der Waals surface area (Å²) in [6, 6.07) is 7.58. The first-order valence-corrected chi connectivity index (χ1v) is 8.37. The maximum Gasteiger partial charge on any atom is 0.246 e. The zero-order chi connectivity index (χ0) is 17.9. The molecule has 1 rings (SSSR count). The van der Waals surface area contributed by atoms with Gasteiger partial charge in [0, 0.05) is 38.4 Å². The Hall–Kier alpha value is -2.14. The lowest BCUT2D eigenvalue weighted by Crippen LogP contribution is -2.40. The molecule has 0 unspecified atom stereocenters. The second-order valence-electron chi connectivity index (χ2n) is 5.63. The Balaban J connectivity index is 2.77. The van der Waals surface area contributed by atoms with Gasteiger partial charge in [-0.05, 0) is 36.6 Å². The fourth-order valence-electron chi connectivity index (χ4n) is 2.54. The number of ether oxygens (including phenoxy) is 1. The third-order valence-corrected chi connectivity index (χ3v) is 3.85. The topological polar surface area (TPSA) is 58.6 Å². The van der Waals surface area contributed by atoms with E-state index in [9.17, 15) is 9.59 Å². The normalized spacial score (nSPS) is 11.0. The number of hydrogen-bond donors (Lipinski definition) is 1. The summed E-state index contributed by atoms with van der Waals surface area (Å²) in [6.07, 6.45) is 5.24. The van der Waals surface area contributed by atoms with Crippen LogP contribution in [0.5, 0.6) is 0 Å². The van der Waals surface area contributed by atoms with E-state index in [4.69, 9.17) is 4.74 Å². The lowest BCUT2D eigenvalue weighted by Gasteiger charge is -2.29. The van der Waals surface area contributed by atoms with E-state index in [1.807, 2.05) is 29.2 Å². The number of anilines is 1. The minimum atomic E-state index is -0.104. The Morgan fingerprint density at radius 1 is 1.21 bits per heavy atom. The minimum absolute atomic E-state index is 0.00770. The number of carbonyl (C=O) groups is 2. The molecule has 0 aliphatic heterocycles. The van der Waals surface area contributed by atoms with Crippen LogP contribution in [0.2, 0.25) is 0 Å². The van der Waals surface area contributed by atoms with E-state index in [2.05, 4.69) is 19.2 Å². The maximum absolute atomic E-state index is 12.5. The van der Waals surface area contributed by atoms with Crippen molar-refractivity contribution in [3.05, 3.63) is 35.9 Å². The highest BCUT2D eigenvalue weighted by atomic mass is 16.5. The van der Waals surface area contributed by atoms with Crippen LogP contribution < -0.4 is 5.32 Å². The molecule has 1 aromatic rings. The van der Waals surface area contributed by atoms with E-state index in [0.29, 0.717) is 13.2 Å². The number of carbonyl (C=O) groups excluding carboxylic acids is 2. The number of nitrogens with zero attached hydrogens (tertiary/aromatic N) is 1. The summed E-state index contributed by atoms with van der Waals surface area (Å²) in [4.78, 5) is 25.4. The lowest BCUT2D eigenvalue weighted by molar-refractivity contribution is -0.129. The van der Waals surface area contributed by atoms with E-state index < -0.39 is 0 Å². The second kappa shape index (κ2) is 10.6. The molecule has 0 radical (unpaired) electrons. The average molecular weight is 332 g/mol. The predicted octanol–water partition coefficient (Wildman–Crippen LogP) is 3.32. The Labute approximate surface area is 144 Å². The first-order chi connectivity index (χ1) is 11.5. The maximum atomic E-state index is 12.5. The van der Waals surface area contributed by atoms with Crippen LogP contribution in [0, 0.1) is 0 Å². The SMILES string of the molecule is CCC(CC)N(CCOC)C(=O)/C=C/c1ccc(NC(C)=O)cc1. The molecule has 5 heteroatoms. The van der Waals surface area contributed by atoms with Crippen molar-refractivity contribution in [3.63, 3.8) is 0 Å². The van der Waals surface area contributed by atoms with Gasteiger partial charge in [-0.15, -0.1) is 0 Å². The molecular weight excluding hydrogens is 304 g/mol. The average Bonchev–Trinajstić information content (AvgIpc) is 2.57. The summed E-state index contributed by atoms with van der Waals surface area (Å²) >= 11 is 0. The predicted molar refractivity (Wildman–Crippen MR) is 97.7 cm³/mol. The van der Waals surface area contributed by atoms with Crippen LogP contribution in [0.4, 0.5) is 5.69 Å². The highest BCUT2D eigenvalue weighted by Gasteiger charge is 2.18. The summed E-state index contributed by atoms with van der Waals surface area (Å²) in [5, 5.41) is 2.72. The number of amides is 2. The van der Waals surface area contributed by atoms with Gasteiger partial charge >= 0.3 is 0 Å². The van der Waals surface area contributed by atoms with Gasteiger partial charge in [-0.1, -0.05) is 26.0 Å². The molecule has 0 aromatic heterocycles. The molecule has 1 aromatic carbocycles. The first kappa shape index (κ1) is 19.9. The van der Waals surface area contributed by atoms with Gasteiger partial charge < -0.3 is 15.0 Å². The van der Waals surface area contributed by atoms with E-state index in [1.54, 1.807) is 19.3 Å². The molecule has 2 amide bonds. The molecule has 132 valence electrons. The van der Waals surface area contributed by atoms with Gasteiger partial charge in [-0.25, -0.2) is 0 Å². The van der Waals surface area contributed by atoms with E-state index in [1.165, 1.54) is 6.92 Å². The fourth-order valence-corrected chi connectivity index (χ4v) is 2.54. The molecule has 0 saturated heterocycles. The molecule has 0 bridgehead atoms. The minimum Gasteiger partial charge on any atom is -0.383 e. The van der Waals surface area contributed by atoms with Crippen molar-refractivity contribution >= 4 is 23.6 Å². The van der Waals surface area contributed by atoms with Crippen molar-refractivity contribution in [1.29, 1.82) is 0 Å². The van der Waals surface area contributed by atoms with Gasteiger partial charge in [-0.3, -0.25) is 9.59 Å². The van der Waals surface area contributed by atoms with Crippen LogP contribution in [0.1, 0.15) is 39.2 Å². The van der Waals surface area contributed by atoms with Crippen molar-refractivity contribution in [3.8, 4) is 0 Å². The summed E-state index contributed by atoms with van der Waals surface area (Å²) < 4.78 is 5.12. The fraction of sp³-hybridized carbons (Fsp3) is 0.474. The third-order valence-electron chi connectivity index (χ3n) is 3.85. The van der Waals surface area contributed by atoms with Crippen molar-refractivity contribution in [2.75, 3.05) is 25.6 Å². The van der Waals surface area contributed by atoms with Crippen molar-refractivity contribution in [1.82, 2.24) is 4.90 Å². The Morgan fingerprint density at radius 2 is 1.83 bits per heavy atom. The summed E-state index contributed by atoms with van der Waals surface area (Å²) in [6.45, 7) is 6.77.